The largest absolute Gasteiger partial charge is 0.320 e. The Morgan fingerprint density at radius 3 is 2.41 bits per heavy atom. The molecule has 1 unspecified atom stereocenters. The van der Waals surface area contributed by atoms with E-state index in [0.717, 1.165) is 21.4 Å². The topological polar surface area (TPSA) is 26.0 Å². The molecule has 0 amide bonds. The highest BCUT2D eigenvalue weighted by molar-refractivity contribution is 7.12. The molecule has 90 valence electrons. The number of nitrogens with two attached hydrogens (primary N) is 1. The summed E-state index contributed by atoms with van der Waals surface area (Å²) in [5, 5.41) is 0. The summed E-state index contributed by atoms with van der Waals surface area (Å²) in [5.74, 6) is -1.18. The molecule has 2 rings (SSSR count). The number of rotatable bonds is 2. The monoisotopic (exact) mass is 253 g/mol. The van der Waals surface area contributed by atoms with E-state index in [1.165, 1.54) is 12.1 Å². The van der Waals surface area contributed by atoms with Gasteiger partial charge in [-0.15, -0.1) is 11.3 Å². The van der Waals surface area contributed by atoms with Crippen LogP contribution in [0.3, 0.4) is 0 Å². The Kier molecular flexibility index (Phi) is 3.26. The van der Waals surface area contributed by atoms with E-state index in [4.69, 9.17) is 5.73 Å². The molecule has 0 bridgehead atoms. The molecular formula is C13H13F2NS. The standard InChI is InChI=1S/C13H13F2NS/c1-7-5-12(17-8(7)2)13(16)10-4-3-9(14)6-11(10)15/h3-6,13H,16H2,1-2H3. The van der Waals surface area contributed by atoms with Crippen LogP contribution in [0.1, 0.15) is 26.9 Å². The van der Waals surface area contributed by atoms with E-state index in [9.17, 15) is 8.78 Å². The first-order valence-corrected chi connectivity index (χ1v) is 6.08. The van der Waals surface area contributed by atoms with Crippen molar-refractivity contribution in [2.75, 3.05) is 0 Å². The van der Waals surface area contributed by atoms with Crippen LogP contribution in [-0.4, -0.2) is 0 Å². The van der Waals surface area contributed by atoms with Gasteiger partial charge in [0.2, 0.25) is 0 Å². The lowest BCUT2D eigenvalue weighted by Gasteiger charge is -2.10. The maximum absolute atomic E-state index is 13.6. The van der Waals surface area contributed by atoms with E-state index in [1.807, 2.05) is 19.9 Å². The molecule has 0 aliphatic rings. The van der Waals surface area contributed by atoms with Crippen LogP contribution < -0.4 is 5.73 Å². The third-order valence-electron chi connectivity index (χ3n) is 2.79. The van der Waals surface area contributed by atoms with Crippen LogP contribution >= 0.6 is 11.3 Å². The summed E-state index contributed by atoms with van der Waals surface area (Å²) >= 11 is 1.54. The zero-order valence-corrected chi connectivity index (χ0v) is 10.4. The molecule has 17 heavy (non-hydrogen) atoms. The Hall–Kier alpha value is -1.26. The van der Waals surface area contributed by atoms with Gasteiger partial charge in [-0.05, 0) is 31.5 Å². The van der Waals surface area contributed by atoms with Gasteiger partial charge in [0.05, 0.1) is 6.04 Å². The number of hydrogen-bond acceptors (Lipinski definition) is 2. The summed E-state index contributed by atoms with van der Waals surface area (Å²) < 4.78 is 26.4. The first-order valence-electron chi connectivity index (χ1n) is 5.26. The first-order chi connectivity index (χ1) is 7.99. The Morgan fingerprint density at radius 1 is 1.18 bits per heavy atom. The highest BCUT2D eigenvalue weighted by Crippen LogP contribution is 2.30. The van der Waals surface area contributed by atoms with E-state index in [-0.39, 0.29) is 0 Å². The Morgan fingerprint density at radius 2 is 1.88 bits per heavy atom. The Labute approximate surface area is 103 Å². The van der Waals surface area contributed by atoms with Crippen LogP contribution in [0.4, 0.5) is 8.78 Å². The van der Waals surface area contributed by atoms with Gasteiger partial charge in [-0.1, -0.05) is 6.07 Å². The van der Waals surface area contributed by atoms with Crippen LogP contribution in [0.25, 0.3) is 0 Å². The summed E-state index contributed by atoms with van der Waals surface area (Å²) in [6.07, 6.45) is 0. The second kappa shape index (κ2) is 4.55. The summed E-state index contributed by atoms with van der Waals surface area (Å²) in [6.45, 7) is 3.99. The number of halogens is 2. The molecule has 1 atom stereocenters. The van der Waals surface area contributed by atoms with Crippen LogP contribution in [0.5, 0.6) is 0 Å². The van der Waals surface area contributed by atoms with Gasteiger partial charge in [0.1, 0.15) is 11.6 Å². The fourth-order valence-electron chi connectivity index (χ4n) is 1.66. The Bertz CT molecular complexity index is 529. The van der Waals surface area contributed by atoms with Crippen LogP contribution in [-0.2, 0) is 0 Å². The van der Waals surface area contributed by atoms with Gasteiger partial charge in [0.25, 0.3) is 0 Å². The number of benzene rings is 1. The molecule has 0 fully saturated rings. The summed E-state index contributed by atoms with van der Waals surface area (Å²) in [4.78, 5) is 2.06. The van der Waals surface area contributed by atoms with Crippen molar-refractivity contribution in [1.29, 1.82) is 0 Å². The minimum atomic E-state index is -0.596. The lowest BCUT2D eigenvalue weighted by Crippen LogP contribution is -2.12. The molecular weight excluding hydrogens is 240 g/mol. The quantitative estimate of drug-likeness (QED) is 0.867. The number of thiophene rings is 1. The van der Waals surface area contributed by atoms with Crippen LogP contribution in [0.15, 0.2) is 24.3 Å². The zero-order valence-electron chi connectivity index (χ0n) is 9.63. The van der Waals surface area contributed by atoms with Crippen molar-refractivity contribution in [2.24, 2.45) is 5.73 Å². The van der Waals surface area contributed by atoms with Gasteiger partial charge in [0.15, 0.2) is 0 Å². The molecule has 2 aromatic rings. The molecule has 1 heterocycles. The average Bonchev–Trinajstić information content (AvgIpc) is 2.58. The molecule has 0 spiro atoms. The molecule has 0 radical (unpaired) electrons. The van der Waals surface area contributed by atoms with Gasteiger partial charge in [-0.3, -0.25) is 0 Å². The van der Waals surface area contributed by atoms with Crippen LogP contribution in [0.2, 0.25) is 0 Å². The second-order valence-corrected chi connectivity index (χ2v) is 5.32. The third kappa shape index (κ3) is 2.37. The van der Waals surface area contributed by atoms with Gasteiger partial charge in [-0.2, -0.15) is 0 Å². The molecule has 0 saturated carbocycles. The second-order valence-electron chi connectivity index (χ2n) is 4.03. The fourth-order valence-corrected chi connectivity index (χ4v) is 2.73. The predicted octanol–water partition coefficient (Wildman–Crippen LogP) is 3.69. The number of aryl methyl sites for hydroxylation is 2. The van der Waals surface area contributed by atoms with E-state index < -0.39 is 17.7 Å². The highest BCUT2D eigenvalue weighted by Gasteiger charge is 2.16. The van der Waals surface area contributed by atoms with Crippen molar-refractivity contribution in [3.8, 4) is 0 Å². The molecule has 1 aromatic heterocycles. The van der Waals surface area contributed by atoms with Crippen molar-refractivity contribution >= 4 is 11.3 Å². The van der Waals surface area contributed by atoms with Gasteiger partial charge in [0, 0.05) is 21.4 Å². The zero-order chi connectivity index (χ0) is 12.6. The molecule has 2 N–H and O–H groups in total. The van der Waals surface area contributed by atoms with Crippen molar-refractivity contribution < 1.29 is 8.78 Å². The van der Waals surface area contributed by atoms with Crippen molar-refractivity contribution in [2.45, 2.75) is 19.9 Å². The van der Waals surface area contributed by atoms with E-state index in [0.29, 0.717) is 5.56 Å². The summed E-state index contributed by atoms with van der Waals surface area (Å²) in [5.41, 5.74) is 7.47. The smallest absolute Gasteiger partial charge is 0.131 e. The molecule has 0 aliphatic heterocycles. The summed E-state index contributed by atoms with van der Waals surface area (Å²) in [6, 6.07) is 4.91. The maximum atomic E-state index is 13.6. The third-order valence-corrected chi connectivity index (χ3v) is 4.02. The lowest BCUT2D eigenvalue weighted by atomic mass is 10.0. The van der Waals surface area contributed by atoms with Crippen molar-refractivity contribution in [3.63, 3.8) is 0 Å². The van der Waals surface area contributed by atoms with Gasteiger partial charge < -0.3 is 5.73 Å². The van der Waals surface area contributed by atoms with Crippen molar-refractivity contribution in [1.82, 2.24) is 0 Å². The normalized spacial score (nSPS) is 12.8. The molecule has 0 aliphatic carbocycles. The molecule has 1 aromatic carbocycles. The molecule has 4 heteroatoms. The minimum absolute atomic E-state index is 0.327. The van der Waals surface area contributed by atoms with Crippen molar-refractivity contribution in [3.05, 3.63) is 56.8 Å². The van der Waals surface area contributed by atoms with E-state index in [2.05, 4.69) is 0 Å². The Balaban J connectivity index is 2.39. The fraction of sp³-hybridized carbons (Fsp3) is 0.231. The van der Waals surface area contributed by atoms with Gasteiger partial charge >= 0.3 is 0 Å². The maximum Gasteiger partial charge on any atom is 0.131 e. The minimum Gasteiger partial charge on any atom is -0.320 e. The van der Waals surface area contributed by atoms with E-state index >= 15 is 0 Å². The highest BCUT2D eigenvalue weighted by atomic mass is 32.1. The van der Waals surface area contributed by atoms with Gasteiger partial charge in [-0.25, -0.2) is 8.78 Å². The first kappa shape index (κ1) is 12.2. The van der Waals surface area contributed by atoms with Crippen LogP contribution in [0, 0.1) is 25.5 Å². The SMILES string of the molecule is Cc1cc(C(N)c2ccc(F)cc2F)sc1C. The van der Waals surface area contributed by atoms with E-state index in [1.54, 1.807) is 11.3 Å². The average molecular weight is 253 g/mol. The molecule has 1 nitrogen and oxygen atoms in total. The lowest BCUT2D eigenvalue weighted by molar-refractivity contribution is 0.566. The number of hydrogen-bond donors (Lipinski definition) is 1. The molecule has 0 saturated heterocycles. The summed E-state index contributed by atoms with van der Waals surface area (Å²) in [7, 11) is 0. The predicted molar refractivity (Wildman–Crippen MR) is 66.2 cm³/mol.